The molecule has 0 bridgehead atoms. The Morgan fingerprint density at radius 3 is 2.65 bits per heavy atom. The molecule has 0 radical (unpaired) electrons. The van der Waals surface area contributed by atoms with Gasteiger partial charge >= 0.3 is 0 Å². The van der Waals surface area contributed by atoms with Crippen LogP contribution in [0.15, 0.2) is 24.4 Å². The lowest BCUT2D eigenvalue weighted by atomic mass is 10.1. The third-order valence-corrected chi connectivity index (χ3v) is 4.37. The van der Waals surface area contributed by atoms with Crippen molar-refractivity contribution in [2.75, 3.05) is 0 Å². The highest BCUT2D eigenvalue weighted by atomic mass is 16.2. The SMILES string of the molecule is CCn1nc(CC(C)C)cc1C(=O)NCc1cn2c(C)cc(C)cc2n1. The zero-order valence-electron chi connectivity index (χ0n) is 16.2. The van der Waals surface area contributed by atoms with Gasteiger partial charge in [-0.1, -0.05) is 13.8 Å². The molecule has 6 nitrogen and oxygen atoms in total. The zero-order valence-corrected chi connectivity index (χ0v) is 16.2. The van der Waals surface area contributed by atoms with Crippen molar-refractivity contribution in [2.45, 2.75) is 54.1 Å². The molecule has 0 fully saturated rings. The standard InChI is InChI=1S/C20H27N5O/c1-6-25-18(10-16(23-25)7-13(2)3)20(26)21-11-17-12-24-15(5)8-14(4)9-19(24)22-17/h8-10,12-13H,6-7,11H2,1-5H3,(H,21,26). The van der Waals surface area contributed by atoms with Gasteiger partial charge in [-0.05, 0) is 56.9 Å². The summed E-state index contributed by atoms with van der Waals surface area (Å²) in [6.07, 6.45) is 2.85. The number of hydrogen-bond acceptors (Lipinski definition) is 3. The fraction of sp³-hybridized carbons (Fsp3) is 0.450. The summed E-state index contributed by atoms with van der Waals surface area (Å²) in [4.78, 5) is 17.2. The van der Waals surface area contributed by atoms with E-state index in [4.69, 9.17) is 0 Å². The molecule has 0 atom stereocenters. The lowest BCUT2D eigenvalue weighted by Crippen LogP contribution is -2.25. The zero-order chi connectivity index (χ0) is 18.8. The fourth-order valence-corrected chi connectivity index (χ4v) is 3.23. The summed E-state index contributed by atoms with van der Waals surface area (Å²) in [5.41, 5.74) is 5.64. The van der Waals surface area contributed by atoms with Gasteiger partial charge in [0.05, 0.1) is 17.9 Å². The second-order valence-corrected chi connectivity index (χ2v) is 7.25. The van der Waals surface area contributed by atoms with E-state index in [2.05, 4.69) is 49.2 Å². The van der Waals surface area contributed by atoms with Crippen molar-refractivity contribution in [1.29, 1.82) is 0 Å². The van der Waals surface area contributed by atoms with Gasteiger partial charge in [0.25, 0.3) is 5.91 Å². The minimum absolute atomic E-state index is 0.112. The van der Waals surface area contributed by atoms with E-state index in [1.165, 1.54) is 5.56 Å². The van der Waals surface area contributed by atoms with Crippen molar-refractivity contribution in [1.82, 2.24) is 24.5 Å². The maximum atomic E-state index is 12.6. The number of rotatable bonds is 6. The molecule has 0 saturated carbocycles. The lowest BCUT2D eigenvalue weighted by Gasteiger charge is -2.05. The molecule has 26 heavy (non-hydrogen) atoms. The number of nitrogens with zero attached hydrogens (tertiary/aromatic N) is 4. The van der Waals surface area contributed by atoms with E-state index in [0.29, 0.717) is 24.7 Å². The Morgan fingerprint density at radius 2 is 1.96 bits per heavy atom. The minimum Gasteiger partial charge on any atom is -0.345 e. The van der Waals surface area contributed by atoms with E-state index >= 15 is 0 Å². The highest BCUT2D eigenvalue weighted by Crippen LogP contribution is 2.13. The lowest BCUT2D eigenvalue weighted by molar-refractivity contribution is 0.0939. The Kier molecular flexibility index (Phi) is 5.11. The highest BCUT2D eigenvalue weighted by molar-refractivity contribution is 5.92. The quantitative estimate of drug-likeness (QED) is 0.739. The van der Waals surface area contributed by atoms with Gasteiger partial charge in [0.2, 0.25) is 0 Å². The second kappa shape index (κ2) is 7.32. The van der Waals surface area contributed by atoms with Crippen molar-refractivity contribution in [3.05, 3.63) is 52.7 Å². The number of carbonyl (C=O) groups excluding carboxylic acids is 1. The number of fused-ring (bicyclic) bond motifs is 1. The van der Waals surface area contributed by atoms with Gasteiger partial charge in [0, 0.05) is 18.4 Å². The largest absolute Gasteiger partial charge is 0.345 e. The van der Waals surface area contributed by atoms with Gasteiger partial charge in [-0.25, -0.2) is 4.98 Å². The average Bonchev–Trinajstić information content (AvgIpc) is 3.15. The maximum Gasteiger partial charge on any atom is 0.269 e. The van der Waals surface area contributed by atoms with Crippen molar-refractivity contribution in [2.24, 2.45) is 5.92 Å². The molecule has 3 aromatic rings. The van der Waals surface area contributed by atoms with Crippen LogP contribution in [0.25, 0.3) is 5.65 Å². The van der Waals surface area contributed by atoms with Crippen LogP contribution in [-0.4, -0.2) is 25.1 Å². The van der Waals surface area contributed by atoms with Crippen molar-refractivity contribution >= 4 is 11.6 Å². The number of nitrogens with one attached hydrogen (secondary N) is 1. The van der Waals surface area contributed by atoms with E-state index in [1.807, 2.05) is 29.7 Å². The van der Waals surface area contributed by atoms with Crippen LogP contribution in [0.1, 0.15) is 53.9 Å². The maximum absolute atomic E-state index is 12.6. The molecule has 0 unspecified atom stereocenters. The van der Waals surface area contributed by atoms with Crippen LogP contribution >= 0.6 is 0 Å². The molecule has 3 rings (SSSR count). The van der Waals surface area contributed by atoms with Crippen LogP contribution in [0, 0.1) is 19.8 Å². The van der Waals surface area contributed by atoms with E-state index in [9.17, 15) is 4.79 Å². The second-order valence-electron chi connectivity index (χ2n) is 7.25. The van der Waals surface area contributed by atoms with E-state index in [0.717, 1.165) is 29.1 Å². The van der Waals surface area contributed by atoms with Crippen LogP contribution in [0.4, 0.5) is 0 Å². The molecule has 0 aliphatic carbocycles. The number of imidazole rings is 1. The number of carbonyl (C=O) groups is 1. The Bertz CT molecular complexity index is 935. The molecule has 0 aliphatic rings. The first kappa shape index (κ1) is 18.2. The van der Waals surface area contributed by atoms with Crippen LogP contribution in [0.3, 0.4) is 0 Å². The number of aromatic nitrogens is 4. The Labute approximate surface area is 154 Å². The summed E-state index contributed by atoms with van der Waals surface area (Å²) in [7, 11) is 0. The van der Waals surface area contributed by atoms with E-state index in [1.54, 1.807) is 4.68 Å². The summed E-state index contributed by atoms with van der Waals surface area (Å²) in [6.45, 7) is 11.5. The molecule has 1 amide bonds. The molecule has 0 spiro atoms. The Hall–Kier alpha value is -2.63. The summed E-state index contributed by atoms with van der Waals surface area (Å²) >= 11 is 0. The molecular weight excluding hydrogens is 326 g/mol. The first-order valence-electron chi connectivity index (χ1n) is 9.17. The van der Waals surface area contributed by atoms with Crippen molar-refractivity contribution < 1.29 is 4.79 Å². The molecule has 6 heteroatoms. The fourth-order valence-electron chi connectivity index (χ4n) is 3.23. The third-order valence-electron chi connectivity index (χ3n) is 4.37. The monoisotopic (exact) mass is 353 g/mol. The molecule has 0 saturated heterocycles. The summed E-state index contributed by atoms with van der Waals surface area (Å²) in [5, 5.41) is 7.51. The normalized spacial score (nSPS) is 11.5. The van der Waals surface area contributed by atoms with Gasteiger partial charge in [-0.3, -0.25) is 9.48 Å². The van der Waals surface area contributed by atoms with E-state index < -0.39 is 0 Å². The molecule has 0 aromatic carbocycles. The number of hydrogen-bond donors (Lipinski definition) is 1. The van der Waals surface area contributed by atoms with Gasteiger partial charge in [0.15, 0.2) is 0 Å². The molecule has 3 heterocycles. The molecule has 1 N–H and O–H groups in total. The minimum atomic E-state index is -0.112. The topological polar surface area (TPSA) is 64.2 Å². The van der Waals surface area contributed by atoms with Crippen molar-refractivity contribution in [3.63, 3.8) is 0 Å². The van der Waals surface area contributed by atoms with Gasteiger partial charge in [-0.2, -0.15) is 5.10 Å². The number of pyridine rings is 1. The smallest absolute Gasteiger partial charge is 0.269 e. The summed E-state index contributed by atoms with van der Waals surface area (Å²) in [5.74, 6) is 0.398. The molecule has 3 aromatic heterocycles. The molecule has 0 aliphatic heterocycles. The predicted molar refractivity (Wildman–Crippen MR) is 102 cm³/mol. The Balaban J connectivity index is 1.74. The van der Waals surface area contributed by atoms with Crippen LogP contribution in [0.2, 0.25) is 0 Å². The van der Waals surface area contributed by atoms with Crippen LogP contribution < -0.4 is 5.32 Å². The third kappa shape index (κ3) is 3.79. The van der Waals surface area contributed by atoms with Crippen LogP contribution in [0.5, 0.6) is 0 Å². The first-order chi connectivity index (χ1) is 12.4. The molecule has 138 valence electrons. The predicted octanol–water partition coefficient (Wildman–Crippen LogP) is 3.30. The number of amides is 1. The Morgan fingerprint density at radius 1 is 1.19 bits per heavy atom. The van der Waals surface area contributed by atoms with Gasteiger partial charge < -0.3 is 9.72 Å². The first-order valence-corrected chi connectivity index (χ1v) is 9.17. The van der Waals surface area contributed by atoms with Crippen LogP contribution in [-0.2, 0) is 19.5 Å². The van der Waals surface area contributed by atoms with E-state index in [-0.39, 0.29) is 5.91 Å². The number of aryl methyl sites for hydroxylation is 3. The summed E-state index contributed by atoms with van der Waals surface area (Å²) < 4.78 is 3.82. The summed E-state index contributed by atoms with van der Waals surface area (Å²) in [6, 6.07) is 6.06. The average molecular weight is 353 g/mol. The highest BCUT2D eigenvalue weighted by Gasteiger charge is 2.15. The van der Waals surface area contributed by atoms with Gasteiger partial charge in [-0.15, -0.1) is 0 Å². The van der Waals surface area contributed by atoms with Crippen molar-refractivity contribution in [3.8, 4) is 0 Å². The van der Waals surface area contributed by atoms with Gasteiger partial charge in [0.1, 0.15) is 11.3 Å². The molecular formula is C20H27N5O.